The number of hydrogen-bond donors (Lipinski definition) is 3. The van der Waals surface area contributed by atoms with E-state index in [2.05, 4.69) is 30.9 Å². The molecular formula is C20H28ClN7O6. The molecule has 2 aromatic heterocycles. The molecule has 2 amide bonds. The number of rotatable bonds is 9. The van der Waals surface area contributed by atoms with Crippen molar-refractivity contribution in [2.75, 3.05) is 25.0 Å². The Hall–Kier alpha value is -3.32. The molecule has 0 aliphatic carbocycles. The minimum absolute atomic E-state index is 0.00330. The zero-order valence-corrected chi connectivity index (χ0v) is 20.4. The summed E-state index contributed by atoms with van der Waals surface area (Å²) in [4.78, 5) is 59.7. The fraction of sp³-hybridized carbons (Fsp3) is 0.550. The smallest absolute Gasteiger partial charge is 0.407 e. The highest BCUT2D eigenvalue weighted by atomic mass is 35.5. The number of carbonyl (C=O) groups is 4. The van der Waals surface area contributed by atoms with Crippen LogP contribution in [0, 0.1) is 5.92 Å². The Morgan fingerprint density at radius 3 is 2.47 bits per heavy atom. The largest absolute Gasteiger partial charge is 0.444 e. The van der Waals surface area contributed by atoms with Crippen molar-refractivity contribution in [3.63, 3.8) is 0 Å². The first kappa shape index (κ1) is 26.9. The van der Waals surface area contributed by atoms with Gasteiger partial charge in [0.1, 0.15) is 17.7 Å². The summed E-state index contributed by atoms with van der Waals surface area (Å²) in [7, 11) is 0. The zero-order valence-electron chi connectivity index (χ0n) is 19.6. The molecule has 0 spiro atoms. The third-order valence-corrected chi connectivity index (χ3v) is 4.21. The number of aromatic nitrogens is 4. The molecule has 34 heavy (non-hydrogen) atoms. The van der Waals surface area contributed by atoms with Crippen LogP contribution in [0.25, 0.3) is 11.2 Å². The van der Waals surface area contributed by atoms with E-state index >= 15 is 0 Å². The predicted octanol–water partition coefficient (Wildman–Crippen LogP) is 1.26. The normalized spacial score (nSPS) is 11.4. The third-order valence-electron chi connectivity index (χ3n) is 3.95. The zero-order chi connectivity index (χ0) is 25.5. The molecule has 2 rings (SSSR count). The van der Waals surface area contributed by atoms with Gasteiger partial charge in [-0.2, -0.15) is 9.97 Å². The van der Waals surface area contributed by atoms with Crippen LogP contribution in [-0.2, 0) is 30.4 Å². The summed E-state index contributed by atoms with van der Waals surface area (Å²) >= 11 is 6.10. The number of imidazole rings is 1. The van der Waals surface area contributed by atoms with E-state index in [0.29, 0.717) is 0 Å². The molecule has 0 saturated heterocycles. The predicted molar refractivity (Wildman–Crippen MR) is 122 cm³/mol. The van der Waals surface area contributed by atoms with Crippen LogP contribution in [0.1, 0.15) is 34.6 Å². The van der Waals surface area contributed by atoms with E-state index in [4.69, 9.17) is 21.1 Å². The molecule has 186 valence electrons. The number of amides is 2. The Bertz CT molecular complexity index is 1060. The van der Waals surface area contributed by atoms with Gasteiger partial charge in [0.15, 0.2) is 10.8 Å². The number of fused-ring (bicyclic) bond motifs is 1. The average Bonchev–Trinajstić information content (AvgIpc) is 3.09. The van der Waals surface area contributed by atoms with Crippen LogP contribution in [0.4, 0.5) is 10.7 Å². The van der Waals surface area contributed by atoms with Crippen LogP contribution in [0.2, 0.25) is 5.15 Å². The number of esters is 2. The van der Waals surface area contributed by atoms with Crippen molar-refractivity contribution in [2.24, 2.45) is 5.92 Å². The maximum absolute atomic E-state index is 12.2. The van der Waals surface area contributed by atoms with E-state index in [1.165, 1.54) is 10.9 Å². The van der Waals surface area contributed by atoms with Gasteiger partial charge in [-0.3, -0.25) is 14.9 Å². The summed E-state index contributed by atoms with van der Waals surface area (Å²) in [6.07, 6.45) is 0.724. The fourth-order valence-corrected chi connectivity index (χ4v) is 2.64. The quantitative estimate of drug-likeness (QED) is 0.198. The van der Waals surface area contributed by atoms with Gasteiger partial charge in [0.2, 0.25) is 11.9 Å². The monoisotopic (exact) mass is 497 g/mol. The van der Waals surface area contributed by atoms with E-state index in [1.54, 1.807) is 34.6 Å². The number of alkyl carbamates (subject to hydrolysis) is 1. The Kier molecular flexibility index (Phi) is 9.27. The second kappa shape index (κ2) is 11.7. The molecule has 0 radical (unpaired) electrons. The summed E-state index contributed by atoms with van der Waals surface area (Å²) in [6.45, 7) is 8.51. The van der Waals surface area contributed by atoms with Gasteiger partial charge in [-0.15, -0.1) is 0 Å². The summed E-state index contributed by atoms with van der Waals surface area (Å²) in [5.41, 5.74) is -0.194. The van der Waals surface area contributed by atoms with Gasteiger partial charge in [-0.05, 0) is 20.8 Å². The Balaban J connectivity index is 1.84. The van der Waals surface area contributed by atoms with E-state index < -0.39 is 23.6 Å². The summed E-state index contributed by atoms with van der Waals surface area (Å²) in [6, 6.07) is 0. The van der Waals surface area contributed by atoms with Gasteiger partial charge in [0.25, 0.3) is 0 Å². The van der Waals surface area contributed by atoms with Crippen molar-refractivity contribution >= 4 is 52.7 Å². The summed E-state index contributed by atoms with van der Waals surface area (Å²) < 4.78 is 11.2. The average molecular weight is 498 g/mol. The first-order chi connectivity index (χ1) is 15.9. The van der Waals surface area contributed by atoms with Crippen LogP contribution < -0.4 is 16.0 Å². The highest BCUT2D eigenvalue weighted by Crippen LogP contribution is 2.21. The lowest BCUT2D eigenvalue weighted by molar-refractivity contribution is -0.159. The standard InChI is InChI=1S/C20H28ClN7O6/c1-11(2)17(31)27-18-25-15(21)14-16(26-18)28(10-24-14)9-13(30)33-12(29)8-22-6-7-23-19(32)34-20(3,4)5/h10-11,22H,6-9H2,1-5H3,(H,23,32)(H,25,26,27,31). The Morgan fingerprint density at radius 2 is 1.82 bits per heavy atom. The van der Waals surface area contributed by atoms with E-state index in [9.17, 15) is 19.2 Å². The molecule has 0 aliphatic heterocycles. The lowest BCUT2D eigenvalue weighted by Gasteiger charge is -2.19. The van der Waals surface area contributed by atoms with Crippen LogP contribution in [0.5, 0.6) is 0 Å². The number of halogens is 1. The highest BCUT2D eigenvalue weighted by Gasteiger charge is 2.18. The molecule has 0 bridgehead atoms. The van der Waals surface area contributed by atoms with Crippen molar-refractivity contribution in [3.8, 4) is 0 Å². The van der Waals surface area contributed by atoms with Crippen molar-refractivity contribution in [1.29, 1.82) is 0 Å². The molecule has 3 N–H and O–H groups in total. The summed E-state index contributed by atoms with van der Waals surface area (Å²) in [5.74, 6) is -2.29. The molecule has 0 atom stereocenters. The molecule has 0 fully saturated rings. The minimum atomic E-state index is -0.847. The molecule has 13 nitrogen and oxygen atoms in total. The number of nitrogens with one attached hydrogen (secondary N) is 3. The lowest BCUT2D eigenvalue weighted by atomic mass is 10.2. The van der Waals surface area contributed by atoms with Crippen LogP contribution >= 0.6 is 11.6 Å². The highest BCUT2D eigenvalue weighted by molar-refractivity contribution is 6.33. The first-order valence-electron chi connectivity index (χ1n) is 10.5. The van der Waals surface area contributed by atoms with E-state index in [-0.39, 0.29) is 60.3 Å². The van der Waals surface area contributed by atoms with E-state index in [0.717, 1.165) is 0 Å². The SMILES string of the molecule is CC(C)C(=O)Nc1nc(Cl)c2ncn(CC(=O)OC(=O)CNCCNC(=O)OC(C)(C)C)c2n1. The minimum Gasteiger partial charge on any atom is -0.444 e. The molecule has 0 saturated carbocycles. The van der Waals surface area contributed by atoms with Crippen molar-refractivity contribution < 1.29 is 28.7 Å². The number of nitrogens with zero attached hydrogens (tertiary/aromatic N) is 4. The van der Waals surface area contributed by atoms with Crippen LogP contribution in [-0.4, -0.2) is 68.7 Å². The number of anilines is 1. The summed E-state index contributed by atoms with van der Waals surface area (Å²) in [5, 5.41) is 7.80. The maximum Gasteiger partial charge on any atom is 0.407 e. The molecule has 2 heterocycles. The van der Waals surface area contributed by atoms with Crippen LogP contribution in [0.3, 0.4) is 0 Å². The fourth-order valence-electron chi connectivity index (χ4n) is 2.43. The van der Waals surface area contributed by atoms with Crippen LogP contribution in [0.15, 0.2) is 6.33 Å². The van der Waals surface area contributed by atoms with Gasteiger partial charge in [0.05, 0.1) is 12.9 Å². The maximum atomic E-state index is 12.2. The topological polar surface area (TPSA) is 166 Å². The van der Waals surface area contributed by atoms with Crippen molar-refractivity contribution in [2.45, 2.75) is 46.8 Å². The molecule has 2 aromatic rings. The van der Waals surface area contributed by atoms with E-state index in [1.807, 2.05) is 0 Å². The third kappa shape index (κ3) is 8.56. The second-order valence-corrected chi connectivity index (χ2v) is 8.84. The van der Waals surface area contributed by atoms with Gasteiger partial charge in [-0.1, -0.05) is 25.4 Å². The molecule has 0 unspecified atom stereocenters. The van der Waals surface area contributed by atoms with Crippen molar-refractivity contribution in [3.05, 3.63) is 11.5 Å². The Morgan fingerprint density at radius 1 is 1.12 bits per heavy atom. The first-order valence-corrected chi connectivity index (χ1v) is 10.8. The molecule has 0 aliphatic rings. The number of ether oxygens (including phenoxy) is 2. The van der Waals surface area contributed by atoms with Gasteiger partial charge < -0.3 is 24.7 Å². The van der Waals surface area contributed by atoms with Gasteiger partial charge in [-0.25, -0.2) is 14.6 Å². The molecular weight excluding hydrogens is 470 g/mol. The number of hydrogen-bond acceptors (Lipinski definition) is 10. The van der Waals surface area contributed by atoms with Crippen molar-refractivity contribution in [1.82, 2.24) is 30.2 Å². The number of carbonyl (C=O) groups excluding carboxylic acids is 4. The van der Waals surface area contributed by atoms with Gasteiger partial charge >= 0.3 is 18.0 Å². The van der Waals surface area contributed by atoms with Gasteiger partial charge in [0, 0.05) is 19.0 Å². The Labute approximate surface area is 200 Å². The second-order valence-electron chi connectivity index (χ2n) is 8.48. The molecule has 14 heteroatoms. The molecule has 0 aromatic carbocycles. The lowest BCUT2D eigenvalue weighted by Crippen LogP contribution is -2.38.